The van der Waals surface area contributed by atoms with Crippen molar-refractivity contribution in [2.75, 3.05) is 13.2 Å². The first-order valence-corrected chi connectivity index (χ1v) is 6.68. The van der Waals surface area contributed by atoms with Gasteiger partial charge < -0.3 is 19.9 Å². The number of benzene rings is 2. The Hall–Kier alpha value is -2.69. The van der Waals surface area contributed by atoms with E-state index in [1.54, 1.807) is 36.4 Å². The Bertz CT molecular complexity index is 669. The van der Waals surface area contributed by atoms with Crippen LogP contribution in [0.1, 0.15) is 15.9 Å². The number of carbonyl (C=O) groups excluding carboxylic acids is 1. The van der Waals surface area contributed by atoms with Crippen LogP contribution in [-0.4, -0.2) is 24.2 Å². The molecular weight excluding hydrogens is 270 g/mol. The maximum atomic E-state index is 12.1. The minimum Gasteiger partial charge on any atom is -0.508 e. The van der Waals surface area contributed by atoms with Crippen LogP contribution in [0.2, 0.25) is 0 Å². The second kappa shape index (κ2) is 5.75. The molecule has 1 amide bonds. The van der Waals surface area contributed by atoms with Gasteiger partial charge in [-0.15, -0.1) is 0 Å². The quantitative estimate of drug-likeness (QED) is 0.906. The van der Waals surface area contributed by atoms with Gasteiger partial charge >= 0.3 is 0 Å². The molecule has 0 fully saturated rings. The Morgan fingerprint density at radius 3 is 2.71 bits per heavy atom. The number of nitrogens with one attached hydrogen (secondary N) is 1. The van der Waals surface area contributed by atoms with Crippen LogP contribution in [0.5, 0.6) is 17.2 Å². The van der Waals surface area contributed by atoms with Crippen molar-refractivity contribution in [3.05, 3.63) is 53.6 Å². The highest BCUT2D eigenvalue weighted by Gasteiger charge is 2.14. The Morgan fingerprint density at radius 1 is 1.10 bits per heavy atom. The Labute approximate surface area is 122 Å². The van der Waals surface area contributed by atoms with Crippen LogP contribution in [0.25, 0.3) is 0 Å². The average Bonchev–Trinajstić information content (AvgIpc) is 2.52. The Kier molecular flexibility index (Phi) is 3.64. The zero-order valence-electron chi connectivity index (χ0n) is 11.3. The molecule has 1 aliphatic rings. The van der Waals surface area contributed by atoms with Crippen LogP contribution < -0.4 is 14.8 Å². The lowest BCUT2D eigenvalue weighted by Gasteiger charge is -2.18. The summed E-state index contributed by atoms with van der Waals surface area (Å²) in [6.45, 7) is 1.36. The van der Waals surface area contributed by atoms with Crippen LogP contribution in [0.3, 0.4) is 0 Å². The zero-order chi connectivity index (χ0) is 14.7. The normalized spacial score (nSPS) is 12.8. The van der Waals surface area contributed by atoms with Crippen molar-refractivity contribution in [3.63, 3.8) is 0 Å². The summed E-state index contributed by atoms with van der Waals surface area (Å²) in [4.78, 5) is 12.1. The van der Waals surface area contributed by atoms with Crippen molar-refractivity contribution in [1.82, 2.24) is 5.32 Å². The minimum atomic E-state index is -0.199. The van der Waals surface area contributed by atoms with Gasteiger partial charge in [0.05, 0.1) is 0 Å². The number of ether oxygens (including phenoxy) is 2. The molecule has 0 unspecified atom stereocenters. The molecule has 0 aromatic heterocycles. The van der Waals surface area contributed by atoms with E-state index in [9.17, 15) is 9.90 Å². The van der Waals surface area contributed by atoms with Gasteiger partial charge in [0.1, 0.15) is 19.0 Å². The summed E-state index contributed by atoms with van der Waals surface area (Å²) in [5.74, 6) is 1.23. The van der Waals surface area contributed by atoms with E-state index >= 15 is 0 Å². The molecule has 21 heavy (non-hydrogen) atoms. The molecule has 1 heterocycles. The summed E-state index contributed by atoms with van der Waals surface area (Å²) in [6.07, 6.45) is 0. The number of carbonyl (C=O) groups is 1. The third kappa shape index (κ3) is 3.08. The summed E-state index contributed by atoms with van der Waals surface area (Å²) in [5, 5.41) is 12.2. The molecule has 2 aromatic carbocycles. The Morgan fingerprint density at radius 2 is 1.90 bits per heavy atom. The molecule has 2 aromatic rings. The second-order valence-corrected chi connectivity index (χ2v) is 4.71. The van der Waals surface area contributed by atoms with Gasteiger partial charge in [0.15, 0.2) is 11.5 Å². The predicted octanol–water partition coefficient (Wildman–Crippen LogP) is 2.09. The number of amides is 1. The molecule has 0 atom stereocenters. The van der Waals surface area contributed by atoms with E-state index in [4.69, 9.17) is 9.47 Å². The van der Waals surface area contributed by atoms with E-state index in [0.717, 1.165) is 5.56 Å². The third-order valence-electron chi connectivity index (χ3n) is 3.17. The number of aromatic hydroxyl groups is 1. The lowest BCUT2D eigenvalue weighted by atomic mass is 10.1. The van der Waals surface area contributed by atoms with E-state index < -0.39 is 0 Å². The summed E-state index contributed by atoms with van der Waals surface area (Å²) in [6, 6.07) is 11.9. The molecule has 0 spiro atoms. The van der Waals surface area contributed by atoms with Crippen LogP contribution in [0.4, 0.5) is 0 Å². The molecule has 3 rings (SSSR count). The van der Waals surface area contributed by atoms with Crippen LogP contribution in [0, 0.1) is 0 Å². The van der Waals surface area contributed by atoms with Gasteiger partial charge in [-0.05, 0) is 35.9 Å². The van der Waals surface area contributed by atoms with Gasteiger partial charge in [0.25, 0.3) is 5.91 Å². The smallest absolute Gasteiger partial charge is 0.251 e. The van der Waals surface area contributed by atoms with Crippen molar-refractivity contribution >= 4 is 5.91 Å². The maximum absolute atomic E-state index is 12.1. The van der Waals surface area contributed by atoms with Crippen LogP contribution >= 0.6 is 0 Å². The highest BCUT2D eigenvalue weighted by molar-refractivity contribution is 5.94. The fraction of sp³-hybridized carbons (Fsp3) is 0.188. The first kappa shape index (κ1) is 13.3. The lowest BCUT2D eigenvalue weighted by molar-refractivity contribution is 0.0949. The van der Waals surface area contributed by atoms with Gasteiger partial charge in [0.2, 0.25) is 0 Å². The number of phenols is 1. The fourth-order valence-corrected chi connectivity index (χ4v) is 2.14. The first-order chi connectivity index (χ1) is 10.2. The van der Waals surface area contributed by atoms with Crippen LogP contribution in [-0.2, 0) is 6.54 Å². The topological polar surface area (TPSA) is 67.8 Å². The molecule has 108 valence electrons. The highest BCUT2D eigenvalue weighted by Crippen LogP contribution is 2.30. The standard InChI is InChI=1S/C16H15NO4/c18-13-3-1-2-11(8-13)10-17-16(19)12-4-5-14-15(9-12)21-7-6-20-14/h1-5,8-9,18H,6-7,10H2,(H,17,19). The SMILES string of the molecule is O=C(NCc1cccc(O)c1)c1ccc2c(c1)OCCO2. The van der Waals surface area contributed by atoms with Gasteiger partial charge in [-0.25, -0.2) is 0 Å². The lowest BCUT2D eigenvalue weighted by Crippen LogP contribution is -2.23. The predicted molar refractivity (Wildman–Crippen MR) is 76.7 cm³/mol. The van der Waals surface area contributed by atoms with Crippen molar-refractivity contribution in [2.24, 2.45) is 0 Å². The Balaban J connectivity index is 1.68. The number of hydrogen-bond donors (Lipinski definition) is 2. The fourth-order valence-electron chi connectivity index (χ4n) is 2.14. The third-order valence-corrected chi connectivity index (χ3v) is 3.17. The molecule has 0 aliphatic carbocycles. The molecular formula is C16H15NO4. The molecule has 5 heteroatoms. The molecule has 0 saturated heterocycles. The molecule has 2 N–H and O–H groups in total. The number of fused-ring (bicyclic) bond motifs is 1. The molecule has 5 nitrogen and oxygen atoms in total. The van der Waals surface area contributed by atoms with E-state index in [1.165, 1.54) is 0 Å². The largest absolute Gasteiger partial charge is 0.508 e. The van der Waals surface area contributed by atoms with E-state index in [1.807, 2.05) is 6.07 Å². The maximum Gasteiger partial charge on any atom is 0.251 e. The second-order valence-electron chi connectivity index (χ2n) is 4.71. The van der Waals surface area contributed by atoms with Crippen molar-refractivity contribution in [1.29, 1.82) is 0 Å². The first-order valence-electron chi connectivity index (χ1n) is 6.68. The van der Waals surface area contributed by atoms with Crippen LogP contribution in [0.15, 0.2) is 42.5 Å². The highest BCUT2D eigenvalue weighted by atomic mass is 16.6. The van der Waals surface area contributed by atoms with E-state index in [0.29, 0.717) is 36.8 Å². The average molecular weight is 285 g/mol. The summed E-state index contributed by atoms with van der Waals surface area (Å²) >= 11 is 0. The molecule has 1 aliphatic heterocycles. The van der Waals surface area contributed by atoms with Gasteiger partial charge in [0, 0.05) is 12.1 Å². The number of hydrogen-bond acceptors (Lipinski definition) is 4. The van der Waals surface area contributed by atoms with Crippen molar-refractivity contribution in [2.45, 2.75) is 6.54 Å². The summed E-state index contributed by atoms with van der Waals surface area (Å²) < 4.78 is 10.9. The summed E-state index contributed by atoms with van der Waals surface area (Å²) in [5.41, 5.74) is 1.35. The van der Waals surface area contributed by atoms with Crippen molar-refractivity contribution < 1.29 is 19.4 Å². The van der Waals surface area contributed by atoms with E-state index in [2.05, 4.69) is 5.32 Å². The monoisotopic (exact) mass is 285 g/mol. The molecule has 0 saturated carbocycles. The van der Waals surface area contributed by atoms with Gasteiger partial charge in [-0.1, -0.05) is 12.1 Å². The van der Waals surface area contributed by atoms with Gasteiger partial charge in [-0.3, -0.25) is 4.79 Å². The number of phenolic OH excluding ortho intramolecular Hbond substituents is 1. The molecule has 0 bridgehead atoms. The van der Waals surface area contributed by atoms with Crippen molar-refractivity contribution in [3.8, 4) is 17.2 Å². The van der Waals surface area contributed by atoms with Gasteiger partial charge in [-0.2, -0.15) is 0 Å². The van der Waals surface area contributed by atoms with E-state index in [-0.39, 0.29) is 11.7 Å². The number of rotatable bonds is 3. The summed E-state index contributed by atoms with van der Waals surface area (Å²) in [7, 11) is 0. The minimum absolute atomic E-state index is 0.182. The zero-order valence-corrected chi connectivity index (χ0v) is 11.3. The molecule has 0 radical (unpaired) electrons.